The molecule has 0 aliphatic carbocycles. The van der Waals surface area contributed by atoms with Crippen LogP contribution < -0.4 is 5.32 Å². The first-order valence-corrected chi connectivity index (χ1v) is 4.89. The van der Waals surface area contributed by atoms with Crippen molar-refractivity contribution >= 4 is 0 Å². The first-order valence-electron chi connectivity index (χ1n) is 4.89. The van der Waals surface area contributed by atoms with Gasteiger partial charge in [0.15, 0.2) is 0 Å². The lowest BCUT2D eigenvalue weighted by Crippen LogP contribution is -2.55. The Hall–Kier alpha value is -0.120. The lowest BCUT2D eigenvalue weighted by atomic mass is 10.0. The molecule has 1 N–H and O–H groups in total. The summed E-state index contributed by atoms with van der Waals surface area (Å²) >= 11 is 0. The predicted molar refractivity (Wildman–Crippen MR) is 48.3 cm³/mol. The van der Waals surface area contributed by atoms with Crippen LogP contribution in [0.4, 0.5) is 0 Å². The summed E-state index contributed by atoms with van der Waals surface area (Å²) in [7, 11) is 2.06. The minimum atomic E-state index is 0.708. The third-order valence-electron chi connectivity index (χ3n) is 3.00. The number of piperidine rings is 1. The van der Waals surface area contributed by atoms with E-state index in [-0.39, 0.29) is 0 Å². The van der Waals surface area contributed by atoms with Crippen LogP contribution in [0.15, 0.2) is 0 Å². The van der Waals surface area contributed by atoms with Crippen molar-refractivity contribution in [1.82, 2.24) is 10.2 Å². The zero-order valence-corrected chi connectivity index (χ0v) is 7.75. The second-order valence-corrected chi connectivity index (χ2v) is 3.81. The van der Waals surface area contributed by atoms with Gasteiger partial charge in [-0.15, -0.1) is 0 Å². The molecule has 0 unspecified atom stereocenters. The van der Waals surface area contributed by atoms with E-state index in [1.807, 2.05) is 0 Å². The largest absolute Gasteiger partial charge is 0.378 e. The maximum atomic E-state index is 5.19. The van der Waals surface area contributed by atoms with Gasteiger partial charge in [-0.1, -0.05) is 0 Å². The van der Waals surface area contributed by atoms with Crippen molar-refractivity contribution in [2.75, 3.05) is 33.4 Å². The third-order valence-corrected chi connectivity index (χ3v) is 3.00. The van der Waals surface area contributed by atoms with E-state index in [1.54, 1.807) is 0 Å². The molecule has 0 bridgehead atoms. The van der Waals surface area contributed by atoms with Crippen LogP contribution in [0, 0.1) is 0 Å². The van der Waals surface area contributed by atoms with Gasteiger partial charge in [0, 0.05) is 12.6 Å². The molecule has 0 radical (unpaired) electrons. The highest BCUT2D eigenvalue weighted by molar-refractivity contribution is 4.84. The van der Waals surface area contributed by atoms with Crippen molar-refractivity contribution in [3.63, 3.8) is 0 Å². The van der Waals surface area contributed by atoms with Crippen LogP contribution in [-0.4, -0.2) is 50.3 Å². The second kappa shape index (κ2) is 3.73. The Kier molecular flexibility index (Phi) is 2.63. The minimum absolute atomic E-state index is 0.708. The lowest BCUT2D eigenvalue weighted by Gasteiger charge is -2.41. The molecule has 0 saturated carbocycles. The number of ether oxygens (including phenoxy) is 1. The fourth-order valence-corrected chi connectivity index (χ4v) is 2.01. The van der Waals surface area contributed by atoms with Gasteiger partial charge in [0.05, 0.1) is 19.3 Å². The summed E-state index contributed by atoms with van der Waals surface area (Å²) in [5.74, 6) is 0. The van der Waals surface area contributed by atoms with Crippen LogP contribution in [0.25, 0.3) is 0 Å². The van der Waals surface area contributed by atoms with Gasteiger partial charge in [-0.05, 0) is 26.4 Å². The van der Waals surface area contributed by atoms with E-state index >= 15 is 0 Å². The van der Waals surface area contributed by atoms with Gasteiger partial charge in [-0.25, -0.2) is 0 Å². The fraction of sp³-hybridized carbons (Fsp3) is 1.00. The zero-order chi connectivity index (χ0) is 8.39. The summed E-state index contributed by atoms with van der Waals surface area (Å²) in [6.07, 6.45) is 2.67. The number of likely N-dealkylation sites (N-methyl/N-ethyl adjacent to an activating group) is 1. The molecule has 0 amide bonds. The van der Waals surface area contributed by atoms with Crippen molar-refractivity contribution < 1.29 is 4.74 Å². The normalized spacial score (nSPS) is 33.2. The van der Waals surface area contributed by atoms with Crippen LogP contribution in [-0.2, 0) is 4.74 Å². The van der Waals surface area contributed by atoms with Crippen LogP contribution in [0.2, 0.25) is 0 Å². The van der Waals surface area contributed by atoms with E-state index in [0.29, 0.717) is 6.04 Å². The molecule has 2 rings (SSSR count). The molecule has 2 heterocycles. The number of rotatable bonds is 2. The Morgan fingerprint density at radius 1 is 1.42 bits per heavy atom. The third kappa shape index (κ3) is 1.63. The monoisotopic (exact) mass is 170 g/mol. The Bertz CT molecular complexity index is 147. The summed E-state index contributed by atoms with van der Waals surface area (Å²) < 4.78 is 5.19. The van der Waals surface area contributed by atoms with E-state index < -0.39 is 0 Å². The molecule has 0 aromatic rings. The Morgan fingerprint density at radius 3 is 2.83 bits per heavy atom. The van der Waals surface area contributed by atoms with Crippen LogP contribution in [0.1, 0.15) is 12.8 Å². The van der Waals surface area contributed by atoms with Crippen LogP contribution >= 0.6 is 0 Å². The molecule has 12 heavy (non-hydrogen) atoms. The average Bonchev–Trinajstić information content (AvgIpc) is 2.02. The highest BCUT2D eigenvalue weighted by Gasteiger charge is 2.29. The number of likely N-dealkylation sites (tertiary alicyclic amines) is 1. The van der Waals surface area contributed by atoms with Crippen molar-refractivity contribution in [2.45, 2.75) is 24.9 Å². The number of hydrogen-bond donors (Lipinski definition) is 1. The van der Waals surface area contributed by atoms with Crippen LogP contribution in [0.3, 0.4) is 0 Å². The van der Waals surface area contributed by atoms with Crippen LogP contribution in [0.5, 0.6) is 0 Å². The molecule has 2 saturated heterocycles. The highest BCUT2D eigenvalue weighted by atomic mass is 16.5. The molecule has 3 heteroatoms. The van der Waals surface area contributed by atoms with Gasteiger partial charge in [0.25, 0.3) is 0 Å². The molecule has 1 atom stereocenters. The maximum absolute atomic E-state index is 5.19. The van der Waals surface area contributed by atoms with E-state index in [9.17, 15) is 0 Å². The molecule has 2 aliphatic rings. The Labute approximate surface area is 74.1 Å². The molecule has 0 aromatic heterocycles. The lowest BCUT2D eigenvalue weighted by molar-refractivity contribution is -0.0729. The number of hydrogen-bond acceptors (Lipinski definition) is 3. The van der Waals surface area contributed by atoms with Gasteiger partial charge >= 0.3 is 0 Å². The minimum Gasteiger partial charge on any atom is -0.378 e. The van der Waals surface area contributed by atoms with Crippen molar-refractivity contribution in [3.05, 3.63) is 0 Å². The Balaban J connectivity index is 1.81. The molecule has 2 aliphatic heterocycles. The molecular formula is C9H18N2O. The van der Waals surface area contributed by atoms with Gasteiger partial charge in [-0.3, -0.25) is 4.90 Å². The summed E-state index contributed by atoms with van der Waals surface area (Å²) in [5, 5.41) is 3.35. The second-order valence-electron chi connectivity index (χ2n) is 3.81. The summed E-state index contributed by atoms with van der Waals surface area (Å²) in [5.41, 5.74) is 0. The first-order chi connectivity index (χ1) is 5.90. The van der Waals surface area contributed by atoms with Gasteiger partial charge in [0.1, 0.15) is 0 Å². The number of nitrogens with zero attached hydrogens (tertiary/aromatic N) is 1. The highest BCUT2D eigenvalue weighted by Crippen LogP contribution is 2.17. The summed E-state index contributed by atoms with van der Waals surface area (Å²) in [6.45, 7) is 4.39. The van der Waals surface area contributed by atoms with Gasteiger partial charge in [-0.2, -0.15) is 0 Å². The van der Waals surface area contributed by atoms with E-state index in [1.165, 1.54) is 25.9 Å². The SMILES string of the molecule is CN[C@@H]1CCCN(C2COC2)C1. The molecule has 70 valence electrons. The average molecular weight is 170 g/mol. The Morgan fingerprint density at radius 2 is 2.25 bits per heavy atom. The van der Waals surface area contributed by atoms with Crippen molar-refractivity contribution in [1.29, 1.82) is 0 Å². The smallest absolute Gasteiger partial charge is 0.0645 e. The van der Waals surface area contributed by atoms with E-state index in [2.05, 4.69) is 17.3 Å². The van der Waals surface area contributed by atoms with E-state index in [0.717, 1.165) is 19.3 Å². The molecule has 0 spiro atoms. The molecule has 0 aromatic carbocycles. The maximum Gasteiger partial charge on any atom is 0.0645 e. The van der Waals surface area contributed by atoms with E-state index in [4.69, 9.17) is 4.74 Å². The van der Waals surface area contributed by atoms with Gasteiger partial charge < -0.3 is 10.1 Å². The zero-order valence-electron chi connectivity index (χ0n) is 7.75. The molecule has 2 fully saturated rings. The topological polar surface area (TPSA) is 24.5 Å². The molecular weight excluding hydrogens is 152 g/mol. The predicted octanol–water partition coefficient (Wildman–Crippen LogP) is 0.0690. The van der Waals surface area contributed by atoms with Crippen molar-refractivity contribution in [2.24, 2.45) is 0 Å². The van der Waals surface area contributed by atoms with Gasteiger partial charge in [0.2, 0.25) is 0 Å². The summed E-state index contributed by atoms with van der Waals surface area (Å²) in [4.78, 5) is 2.56. The first kappa shape index (κ1) is 8.48. The van der Waals surface area contributed by atoms with Crippen molar-refractivity contribution in [3.8, 4) is 0 Å². The molecule has 3 nitrogen and oxygen atoms in total. The summed E-state index contributed by atoms with van der Waals surface area (Å²) in [6, 6.07) is 1.43. The number of nitrogens with one attached hydrogen (secondary N) is 1. The quantitative estimate of drug-likeness (QED) is 0.634. The fourth-order valence-electron chi connectivity index (χ4n) is 2.01. The standard InChI is InChI=1S/C9H18N2O/c1-10-8-3-2-4-11(5-8)9-6-12-7-9/h8-10H,2-7H2,1H3/t8-/m1/s1.